The van der Waals surface area contributed by atoms with Gasteiger partial charge in [-0.1, -0.05) is 37.1 Å². The monoisotopic (exact) mass is 360 g/mol. The lowest BCUT2D eigenvalue weighted by Gasteiger charge is -2.20. The lowest BCUT2D eigenvalue weighted by molar-refractivity contribution is 0.179. The van der Waals surface area contributed by atoms with Crippen molar-refractivity contribution in [3.05, 3.63) is 35.4 Å². The van der Waals surface area contributed by atoms with E-state index in [1.807, 2.05) is 0 Å². The highest BCUT2D eigenvalue weighted by atomic mass is 16.5. The normalized spacial score (nSPS) is 17.6. The Labute approximate surface area is 159 Å². The van der Waals surface area contributed by atoms with Crippen LogP contribution in [0.3, 0.4) is 0 Å². The van der Waals surface area contributed by atoms with Gasteiger partial charge >= 0.3 is 0 Å². The fourth-order valence-corrected chi connectivity index (χ4v) is 3.39. The highest BCUT2D eigenvalue weighted by Crippen LogP contribution is 2.14. The summed E-state index contributed by atoms with van der Waals surface area (Å²) in [6.45, 7) is 9.89. The minimum atomic E-state index is 0.229. The van der Waals surface area contributed by atoms with E-state index in [-0.39, 0.29) is 6.04 Å². The topological polar surface area (TPSA) is 48.9 Å². The second-order valence-electron chi connectivity index (χ2n) is 7.21. The molecule has 2 N–H and O–H groups in total. The van der Waals surface area contributed by atoms with E-state index in [0.717, 1.165) is 19.0 Å². The predicted octanol–water partition coefficient (Wildman–Crippen LogP) is 3.15. The highest BCUT2D eigenvalue weighted by Gasteiger charge is 2.10. The summed E-state index contributed by atoms with van der Waals surface area (Å²) in [5.74, 6) is 0.843. The summed E-state index contributed by atoms with van der Waals surface area (Å²) >= 11 is 0. The number of nitrogens with one attached hydrogen (secondary N) is 2. The standard InChI is InChI=1S/C21H36N4O/c1-4-22-21(24-18(2)17-26-3)23-15-19-10-9-11-20(14-19)16-25-12-7-5-6-8-13-25/h9-11,14,18H,4-8,12-13,15-17H2,1-3H3,(H2,22,23,24). The Balaban J connectivity index is 1.94. The summed E-state index contributed by atoms with van der Waals surface area (Å²) in [4.78, 5) is 7.32. The van der Waals surface area contributed by atoms with Crippen LogP contribution in [0.1, 0.15) is 50.7 Å². The highest BCUT2D eigenvalue weighted by molar-refractivity contribution is 5.80. The van der Waals surface area contributed by atoms with Crippen LogP contribution in [0.5, 0.6) is 0 Å². The third-order valence-corrected chi connectivity index (χ3v) is 4.66. The number of guanidine groups is 1. The van der Waals surface area contributed by atoms with Gasteiger partial charge in [0.05, 0.1) is 13.2 Å². The van der Waals surface area contributed by atoms with E-state index in [2.05, 4.69) is 53.6 Å². The van der Waals surface area contributed by atoms with E-state index >= 15 is 0 Å². The number of nitrogens with zero attached hydrogens (tertiary/aromatic N) is 2. The van der Waals surface area contributed by atoms with Crippen LogP contribution in [0, 0.1) is 0 Å². The van der Waals surface area contributed by atoms with Gasteiger partial charge < -0.3 is 15.4 Å². The van der Waals surface area contributed by atoms with Crippen LogP contribution in [0.25, 0.3) is 0 Å². The van der Waals surface area contributed by atoms with Crippen LogP contribution < -0.4 is 10.6 Å². The lowest BCUT2D eigenvalue weighted by Crippen LogP contribution is -2.43. The second kappa shape index (κ2) is 11.9. The first kappa shape index (κ1) is 20.7. The van der Waals surface area contributed by atoms with E-state index < -0.39 is 0 Å². The molecule has 0 spiro atoms. The zero-order chi connectivity index (χ0) is 18.6. The molecule has 1 aliphatic heterocycles. The van der Waals surface area contributed by atoms with Gasteiger partial charge in [0.1, 0.15) is 0 Å². The first-order valence-electron chi connectivity index (χ1n) is 10.0. The van der Waals surface area contributed by atoms with Crippen molar-refractivity contribution in [1.29, 1.82) is 0 Å². The van der Waals surface area contributed by atoms with Crippen molar-refractivity contribution in [2.45, 2.75) is 58.7 Å². The number of aliphatic imine (C=N–C) groups is 1. The minimum Gasteiger partial charge on any atom is -0.383 e. The summed E-state index contributed by atoms with van der Waals surface area (Å²) in [5, 5.41) is 6.69. The molecular weight excluding hydrogens is 324 g/mol. The van der Waals surface area contributed by atoms with Gasteiger partial charge in [-0.3, -0.25) is 4.90 Å². The maximum atomic E-state index is 5.19. The Hall–Kier alpha value is -1.59. The number of hydrogen-bond donors (Lipinski definition) is 2. The summed E-state index contributed by atoms with van der Waals surface area (Å²) in [5.41, 5.74) is 2.65. The molecule has 0 aliphatic carbocycles. The Kier molecular flexibility index (Phi) is 9.50. The van der Waals surface area contributed by atoms with Crippen molar-refractivity contribution < 1.29 is 4.74 Å². The number of methoxy groups -OCH3 is 1. The molecule has 1 unspecified atom stereocenters. The molecule has 0 saturated carbocycles. The molecule has 1 heterocycles. The van der Waals surface area contributed by atoms with Crippen molar-refractivity contribution in [2.24, 2.45) is 4.99 Å². The third-order valence-electron chi connectivity index (χ3n) is 4.66. The van der Waals surface area contributed by atoms with Crippen molar-refractivity contribution in [2.75, 3.05) is 33.4 Å². The number of likely N-dealkylation sites (tertiary alicyclic amines) is 1. The smallest absolute Gasteiger partial charge is 0.191 e. The number of benzene rings is 1. The molecule has 1 aliphatic rings. The molecule has 1 aromatic rings. The fraction of sp³-hybridized carbons (Fsp3) is 0.667. The molecule has 2 rings (SSSR count). The Bertz CT molecular complexity index is 539. The Morgan fingerprint density at radius 3 is 2.62 bits per heavy atom. The van der Waals surface area contributed by atoms with Crippen molar-refractivity contribution in [3.63, 3.8) is 0 Å². The molecule has 1 fully saturated rings. The molecule has 26 heavy (non-hydrogen) atoms. The Morgan fingerprint density at radius 1 is 1.19 bits per heavy atom. The van der Waals surface area contributed by atoms with Gasteiger partial charge in [0.2, 0.25) is 0 Å². The molecule has 1 saturated heterocycles. The van der Waals surface area contributed by atoms with Gasteiger partial charge in [-0.15, -0.1) is 0 Å². The molecule has 5 heteroatoms. The first-order valence-corrected chi connectivity index (χ1v) is 10.0. The molecule has 5 nitrogen and oxygen atoms in total. The van der Waals surface area contributed by atoms with Crippen molar-refractivity contribution >= 4 is 5.96 Å². The van der Waals surface area contributed by atoms with Gasteiger partial charge in [-0.05, 0) is 50.9 Å². The van der Waals surface area contributed by atoms with Crippen LogP contribution in [0.15, 0.2) is 29.3 Å². The molecule has 1 atom stereocenters. The van der Waals surface area contributed by atoms with Gasteiger partial charge in [0, 0.05) is 26.2 Å². The van der Waals surface area contributed by atoms with Crippen LogP contribution in [0.2, 0.25) is 0 Å². The first-order chi connectivity index (χ1) is 12.7. The molecule has 1 aromatic carbocycles. The maximum Gasteiger partial charge on any atom is 0.191 e. The molecular formula is C21H36N4O. The van der Waals surface area contributed by atoms with Crippen LogP contribution in [-0.2, 0) is 17.8 Å². The minimum absolute atomic E-state index is 0.229. The third kappa shape index (κ3) is 7.75. The zero-order valence-corrected chi connectivity index (χ0v) is 16.8. The fourth-order valence-electron chi connectivity index (χ4n) is 3.39. The van der Waals surface area contributed by atoms with E-state index in [0.29, 0.717) is 13.2 Å². The zero-order valence-electron chi connectivity index (χ0n) is 16.8. The van der Waals surface area contributed by atoms with Crippen LogP contribution in [0.4, 0.5) is 0 Å². The molecule has 0 amide bonds. The van der Waals surface area contributed by atoms with Gasteiger partial charge in [0.25, 0.3) is 0 Å². The average Bonchev–Trinajstić information content (AvgIpc) is 2.89. The van der Waals surface area contributed by atoms with Crippen molar-refractivity contribution in [1.82, 2.24) is 15.5 Å². The van der Waals surface area contributed by atoms with E-state index in [1.54, 1.807) is 7.11 Å². The van der Waals surface area contributed by atoms with E-state index in [1.165, 1.54) is 49.9 Å². The van der Waals surface area contributed by atoms with Gasteiger partial charge in [-0.25, -0.2) is 4.99 Å². The molecule has 0 radical (unpaired) electrons. The van der Waals surface area contributed by atoms with Crippen molar-refractivity contribution in [3.8, 4) is 0 Å². The molecule has 0 bridgehead atoms. The van der Waals surface area contributed by atoms with Gasteiger partial charge in [-0.2, -0.15) is 0 Å². The number of rotatable bonds is 8. The predicted molar refractivity (Wildman–Crippen MR) is 109 cm³/mol. The summed E-state index contributed by atoms with van der Waals surface area (Å²) in [7, 11) is 1.72. The number of hydrogen-bond acceptors (Lipinski definition) is 3. The largest absolute Gasteiger partial charge is 0.383 e. The van der Waals surface area contributed by atoms with Gasteiger partial charge in [0.15, 0.2) is 5.96 Å². The SMILES string of the molecule is CCNC(=NCc1cccc(CN2CCCCCC2)c1)NC(C)COC. The molecule has 0 aromatic heterocycles. The summed E-state index contributed by atoms with van der Waals surface area (Å²) in [6.07, 6.45) is 5.43. The quantitative estimate of drug-likeness (QED) is 0.552. The maximum absolute atomic E-state index is 5.19. The number of ether oxygens (including phenoxy) is 1. The van der Waals surface area contributed by atoms with E-state index in [9.17, 15) is 0 Å². The second-order valence-corrected chi connectivity index (χ2v) is 7.21. The lowest BCUT2D eigenvalue weighted by atomic mass is 10.1. The van der Waals surface area contributed by atoms with E-state index in [4.69, 9.17) is 9.73 Å². The van der Waals surface area contributed by atoms with Crippen LogP contribution in [-0.4, -0.2) is 50.3 Å². The molecule has 146 valence electrons. The Morgan fingerprint density at radius 2 is 1.92 bits per heavy atom. The summed E-state index contributed by atoms with van der Waals surface area (Å²) in [6, 6.07) is 9.09. The average molecular weight is 361 g/mol. The summed E-state index contributed by atoms with van der Waals surface area (Å²) < 4.78 is 5.19. The van der Waals surface area contributed by atoms with Crippen LogP contribution >= 0.6 is 0 Å².